The second-order valence-corrected chi connectivity index (χ2v) is 10.1. The summed E-state index contributed by atoms with van der Waals surface area (Å²) in [4.78, 5) is 25.0. The van der Waals surface area contributed by atoms with Crippen molar-refractivity contribution in [3.63, 3.8) is 0 Å². The number of carbonyl (C=O) groups excluding carboxylic acids is 2. The van der Waals surface area contributed by atoms with Crippen LogP contribution < -0.4 is 4.74 Å². The molecule has 0 aliphatic heterocycles. The zero-order valence-corrected chi connectivity index (χ0v) is 20.6. The average Bonchev–Trinajstić information content (AvgIpc) is 3.11. The smallest absolute Gasteiger partial charge is 0.400 e. The number of aromatic nitrogens is 2. The zero-order chi connectivity index (χ0) is 26.0. The van der Waals surface area contributed by atoms with Gasteiger partial charge in [-0.2, -0.15) is 18.3 Å². The molecule has 1 aromatic carbocycles. The Hall–Kier alpha value is -2.95. The number of alkyl halides is 3. The number of sulfone groups is 1. The number of benzene rings is 1. The number of halogens is 3. The molecule has 0 aliphatic carbocycles. The second kappa shape index (κ2) is 10.1. The SMILES string of the molecule is CCCCn1ncc(C(=O)c2ccc(S(C)(=O)=O)c(C(C)=C(C)C)c2C)c1OC(=O)C(F)(F)F. The Morgan fingerprint density at radius 1 is 1.12 bits per heavy atom. The molecule has 11 heteroatoms. The van der Waals surface area contributed by atoms with Crippen LogP contribution in [-0.2, 0) is 21.2 Å². The summed E-state index contributed by atoms with van der Waals surface area (Å²) in [6, 6.07) is 2.59. The number of aryl methyl sites for hydroxylation is 1. The lowest BCUT2D eigenvalue weighted by molar-refractivity contribution is -0.190. The van der Waals surface area contributed by atoms with Gasteiger partial charge in [-0.15, -0.1) is 0 Å². The van der Waals surface area contributed by atoms with E-state index in [2.05, 4.69) is 9.84 Å². The van der Waals surface area contributed by atoms with Crippen LogP contribution in [0.15, 0.2) is 28.8 Å². The van der Waals surface area contributed by atoms with Crippen molar-refractivity contribution in [1.82, 2.24) is 9.78 Å². The Labute approximate surface area is 196 Å². The summed E-state index contributed by atoms with van der Waals surface area (Å²) in [6.45, 7) is 8.87. The van der Waals surface area contributed by atoms with Crippen LogP contribution in [0.1, 0.15) is 67.6 Å². The molecule has 0 radical (unpaired) electrons. The molecule has 1 aromatic heterocycles. The standard InChI is InChI=1S/C23H27F3N2O5S/c1-7-8-11-28-21(33-22(30)23(24,25)26)17(12-27-28)20(29)16-9-10-18(34(6,31)32)19(15(16)5)14(4)13(2)3/h9-10,12H,7-8,11H2,1-6H3. The van der Waals surface area contributed by atoms with Crippen molar-refractivity contribution >= 4 is 27.2 Å². The van der Waals surface area contributed by atoms with Crippen LogP contribution in [0, 0.1) is 6.92 Å². The van der Waals surface area contributed by atoms with E-state index in [1.165, 1.54) is 12.1 Å². The van der Waals surface area contributed by atoms with E-state index in [0.717, 1.165) is 22.7 Å². The molecular weight excluding hydrogens is 473 g/mol. The zero-order valence-electron chi connectivity index (χ0n) is 19.8. The molecular formula is C23H27F3N2O5S. The minimum atomic E-state index is -5.26. The number of ketones is 1. The third-order valence-corrected chi connectivity index (χ3v) is 6.52. The van der Waals surface area contributed by atoms with E-state index in [4.69, 9.17) is 0 Å². The molecule has 0 aliphatic rings. The normalized spacial score (nSPS) is 11.9. The van der Waals surface area contributed by atoms with Crippen LogP contribution >= 0.6 is 0 Å². The van der Waals surface area contributed by atoms with Gasteiger partial charge in [-0.3, -0.25) is 4.79 Å². The minimum absolute atomic E-state index is 0.0302. The number of hydrogen-bond acceptors (Lipinski definition) is 6. The monoisotopic (exact) mass is 500 g/mol. The van der Waals surface area contributed by atoms with E-state index >= 15 is 0 Å². The van der Waals surface area contributed by atoms with Gasteiger partial charge in [0, 0.05) is 18.4 Å². The molecule has 0 amide bonds. The number of unbranched alkanes of at least 4 members (excludes halogenated alkanes) is 1. The summed E-state index contributed by atoms with van der Waals surface area (Å²) in [7, 11) is -3.64. The van der Waals surface area contributed by atoms with Gasteiger partial charge in [0.2, 0.25) is 5.88 Å². The van der Waals surface area contributed by atoms with Gasteiger partial charge < -0.3 is 4.74 Å². The van der Waals surface area contributed by atoms with Gasteiger partial charge in [0.05, 0.1) is 11.1 Å². The molecule has 0 bridgehead atoms. The van der Waals surface area contributed by atoms with Crippen molar-refractivity contribution in [2.75, 3.05) is 6.26 Å². The van der Waals surface area contributed by atoms with Crippen molar-refractivity contribution in [2.45, 2.75) is 65.1 Å². The maximum atomic E-state index is 13.4. The number of allylic oxidation sites excluding steroid dienone is 2. The fourth-order valence-electron chi connectivity index (χ4n) is 3.35. The predicted molar refractivity (Wildman–Crippen MR) is 120 cm³/mol. The molecule has 0 spiro atoms. The quantitative estimate of drug-likeness (QED) is 0.378. The molecule has 7 nitrogen and oxygen atoms in total. The number of rotatable bonds is 8. The fourth-order valence-corrected chi connectivity index (χ4v) is 4.35. The lowest BCUT2D eigenvalue weighted by Crippen LogP contribution is -2.29. The maximum absolute atomic E-state index is 13.4. The highest BCUT2D eigenvalue weighted by molar-refractivity contribution is 7.90. The van der Waals surface area contributed by atoms with Crippen molar-refractivity contribution in [2.24, 2.45) is 0 Å². The van der Waals surface area contributed by atoms with E-state index in [1.54, 1.807) is 27.7 Å². The lowest BCUT2D eigenvalue weighted by Gasteiger charge is -2.17. The van der Waals surface area contributed by atoms with Gasteiger partial charge in [-0.05, 0) is 62.9 Å². The Balaban J connectivity index is 2.72. The topological polar surface area (TPSA) is 95.3 Å². The maximum Gasteiger partial charge on any atom is 0.491 e. The van der Waals surface area contributed by atoms with Crippen molar-refractivity contribution in [3.8, 4) is 5.88 Å². The molecule has 0 unspecified atom stereocenters. The first-order valence-electron chi connectivity index (χ1n) is 10.5. The molecule has 186 valence electrons. The molecule has 0 atom stereocenters. The fraction of sp³-hybridized carbons (Fsp3) is 0.435. The predicted octanol–water partition coefficient (Wildman–Crippen LogP) is 4.91. The van der Waals surface area contributed by atoms with Crippen LogP contribution in [0.25, 0.3) is 5.57 Å². The van der Waals surface area contributed by atoms with Crippen molar-refractivity contribution < 1.29 is 35.9 Å². The van der Waals surface area contributed by atoms with Crippen LogP contribution in [0.4, 0.5) is 13.2 Å². The lowest BCUT2D eigenvalue weighted by atomic mass is 9.91. The summed E-state index contributed by atoms with van der Waals surface area (Å²) < 4.78 is 69.0. The molecule has 0 N–H and O–H groups in total. The number of hydrogen-bond donors (Lipinski definition) is 0. The first kappa shape index (κ1) is 27.3. The highest BCUT2D eigenvalue weighted by atomic mass is 32.2. The molecule has 34 heavy (non-hydrogen) atoms. The van der Waals surface area contributed by atoms with Crippen LogP contribution in [0.5, 0.6) is 5.88 Å². The molecule has 2 aromatic rings. The summed E-state index contributed by atoms with van der Waals surface area (Å²) >= 11 is 0. The van der Waals surface area contributed by atoms with Gasteiger partial charge in [0.25, 0.3) is 0 Å². The first-order chi connectivity index (χ1) is 15.6. The number of carbonyl (C=O) groups is 2. The van der Waals surface area contributed by atoms with E-state index in [9.17, 15) is 31.2 Å². The minimum Gasteiger partial charge on any atom is -0.400 e. The average molecular weight is 501 g/mol. The summed E-state index contributed by atoms with van der Waals surface area (Å²) in [5.74, 6) is -3.81. The van der Waals surface area contributed by atoms with E-state index in [0.29, 0.717) is 29.5 Å². The summed E-state index contributed by atoms with van der Waals surface area (Å²) in [5, 5.41) is 3.95. The first-order valence-corrected chi connectivity index (χ1v) is 12.4. The van der Waals surface area contributed by atoms with Crippen LogP contribution in [-0.4, -0.2) is 42.4 Å². The summed E-state index contributed by atoms with van der Waals surface area (Å²) in [5.41, 5.74) is 1.88. The molecule has 0 saturated heterocycles. The summed E-state index contributed by atoms with van der Waals surface area (Å²) in [6.07, 6.45) is -1.95. The molecule has 0 fully saturated rings. The Morgan fingerprint density at radius 2 is 1.74 bits per heavy atom. The number of ether oxygens (including phenoxy) is 1. The van der Waals surface area contributed by atoms with Gasteiger partial charge >= 0.3 is 12.1 Å². The van der Waals surface area contributed by atoms with Gasteiger partial charge in [-0.25, -0.2) is 17.9 Å². The Kier molecular flexibility index (Phi) is 8.13. The largest absolute Gasteiger partial charge is 0.491 e. The number of nitrogens with zero attached hydrogens (tertiary/aromatic N) is 2. The third kappa shape index (κ3) is 5.75. The van der Waals surface area contributed by atoms with Crippen LogP contribution in [0.2, 0.25) is 0 Å². The van der Waals surface area contributed by atoms with Crippen molar-refractivity contribution in [1.29, 1.82) is 0 Å². The second-order valence-electron chi connectivity index (χ2n) is 8.16. The van der Waals surface area contributed by atoms with E-state index < -0.39 is 33.6 Å². The molecule has 2 rings (SSSR count). The van der Waals surface area contributed by atoms with Gasteiger partial charge in [0.15, 0.2) is 15.6 Å². The molecule has 0 saturated carbocycles. The third-order valence-electron chi connectivity index (χ3n) is 5.38. The van der Waals surface area contributed by atoms with E-state index in [-0.39, 0.29) is 22.6 Å². The van der Waals surface area contributed by atoms with Crippen LogP contribution in [0.3, 0.4) is 0 Å². The Bertz CT molecular complexity index is 1250. The van der Waals surface area contributed by atoms with Gasteiger partial charge in [0.1, 0.15) is 5.56 Å². The number of esters is 1. The van der Waals surface area contributed by atoms with Gasteiger partial charge in [-0.1, -0.05) is 18.9 Å². The van der Waals surface area contributed by atoms with Crippen molar-refractivity contribution in [3.05, 3.63) is 46.2 Å². The Morgan fingerprint density at radius 3 is 2.24 bits per heavy atom. The van der Waals surface area contributed by atoms with E-state index in [1.807, 2.05) is 6.92 Å². The highest BCUT2D eigenvalue weighted by Gasteiger charge is 2.43. The highest BCUT2D eigenvalue weighted by Crippen LogP contribution is 2.33. The molecule has 1 heterocycles.